The summed E-state index contributed by atoms with van der Waals surface area (Å²) in [6, 6.07) is 8.36. The monoisotopic (exact) mass is 397 g/mol. The van der Waals surface area contributed by atoms with Gasteiger partial charge in [0.1, 0.15) is 0 Å². The van der Waals surface area contributed by atoms with Crippen molar-refractivity contribution >= 4 is 5.91 Å². The van der Waals surface area contributed by atoms with Gasteiger partial charge in [-0.25, -0.2) is 0 Å². The fraction of sp³-hybridized carbons (Fsp3) is 0.591. The van der Waals surface area contributed by atoms with Gasteiger partial charge in [0, 0.05) is 44.8 Å². The van der Waals surface area contributed by atoms with Gasteiger partial charge < -0.3 is 9.42 Å². The van der Waals surface area contributed by atoms with Gasteiger partial charge in [0.15, 0.2) is 0 Å². The van der Waals surface area contributed by atoms with E-state index in [2.05, 4.69) is 58.1 Å². The molecular weight excluding hydrogens is 366 g/mol. The molecule has 4 rings (SSSR count). The van der Waals surface area contributed by atoms with Gasteiger partial charge in [-0.3, -0.25) is 14.6 Å². The standard InChI is InChI=1S/C22H31N5O2/c1-17(2)18-5-7-19(8-6-18)22-23-20(29-24-22)15-25-11-13-26(14-12-25)16-21(28)27-9-3-4-10-27/h5-8,17H,3-4,9-16H2,1-2H3. The van der Waals surface area contributed by atoms with Crippen LogP contribution in [0.1, 0.15) is 44.1 Å². The summed E-state index contributed by atoms with van der Waals surface area (Å²) in [5.74, 6) is 2.08. The fourth-order valence-electron chi connectivity index (χ4n) is 4.01. The molecule has 2 saturated heterocycles. The molecule has 2 aliphatic rings. The fourth-order valence-corrected chi connectivity index (χ4v) is 4.01. The first-order chi connectivity index (χ1) is 14.1. The first-order valence-corrected chi connectivity index (χ1v) is 10.7. The van der Waals surface area contributed by atoms with Gasteiger partial charge in [0.2, 0.25) is 17.6 Å². The summed E-state index contributed by atoms with van der Waals surface area (Å²) in [6.07, 6.45) is 2.29. The average molecular weight is 398 g/mol. The van der Waals surface area contributed by atoms with Gasteiger partial charge in [0.25, 0.3) is 0 Å². The Morgan fingerprint density at radius 1 is 1.00 bits per heavy atom. The van der Waals surface area contributed by atoms with E-state index >= 15 is 0 Å². The number of carbonyl (C=O) groups is 1. The predicted octanol–water partition coefficient (Wildman–Crippen LogP) is 2.60. The number of amides is 1. The van der Waals surface area contributed by atoms with E-state index in [0.29, 0.717) is 30.7 Å². The molecule has 0 radical (unpaired) electrons. The van der Waals surface area contributed by atoms with Crippen molar-refractivity contribution in [3.05, 3.63) is 35.7 Å². The van der Waals surface area contributed by atoms with Crippen LogP contribution < -0.4 is 0 Å². The van der Waals surface area contributed by atoms with Crippen LogP contribution in [0.3, 0.4) is 0 Å². The van der Waals surface area contributed by atoms with E-state index < -0.39 is 0 Å². The SMILES string of the molecule is CC(C)c1ccc(-c2noc(CN3CCN(CC(=O)N4CCCC4)CC3)n2)cc1. The minimum atomic E-state index is 0.279. The molecule has 0 bridgehead atoms. The van der Waals surface area contributed by atoms with Gasteiger partial charge in [-0.2, -0.15) is 4.98 Å². The number of aromatic nitrogens is 2. The number of benzene rings is 1. The highest BCUT2D eigenvalue weighted by atomic mass is 16.5. The van der Waals surface area contributed by atoms with Gasteiger partial charge in [0.05, 0.1) is 13.1 Å². The molecule has 0 saturated carbocycles. The maximum absolute atomic E-state index is 12.3. The maximum Gasteiger partial charge on any atom is 0.241 e. The third-order valence-electron chi connectivity index (χ3n) is 5.95. The minimum absolute atomic E-state index is 0.279. The number of nitrogens with zero attached hydrogens (tertiary/aromatic N) is 5. The third-order valence-corrected chi connectivity index (χ3v) is 5.95. The molecular formula is C22H31N5O2. The summed E-state index contributed by atoms with van der Waals surface area (Å²) in [6.45, 7) is 11.1. The van der Waals surface area contributed by atoms with Crippen LogP contribution in [0.4, 0.5) is 0 Å². The van der Waals surface area contributed by atoms with Gasteiger partial charge in [-0.1, -0.05) is 43.3 Å². The predicted molar refractivity (Wildman–Crippen MR) is 111 cm³/mol. The smallest absolute Gasteiger partial charge is 0.241 e. The summed E-state index contributed by atoms with van der Waals surface area (Å²) in [5.41, 5.74) is 2.29. The second kappa shape index (κ2) is 9.05. The van der Waals surface area contributed by atoms with Crippen molar-refractivity contribution in [1.29, 1.82) is 0 Å². The van der Waals surface area contributed by atoms with Crippen molar-refractivity contribution in [2.45, 2.75) is 39.2 Å². The van der Waals surface area contributed by atoms with Crippen LogP contribution >= 0.6 is 0 Å². The number of hydrogen-bond donors (Lipinski definition) is 0. The van der Waals surface area contributed by atoms with Gasteiger partial charge in [-0.05, 0) is 24.3 Å². The number of piperazine rings is 1. The van der Waals surface area contributed by atoms with Crippen LogP contribution in [0.25, 0.3) is 11.4 Å². The van der Waals surface area contributed by atoms with E-state index in [-0.39, 0.29) is 5.91 Å². The quantitative estimate of drug-likeness (QED) is 0.747. The molecule has 2 fully saturated rings. The van der Waals surface area contributed by atoms with E-state index in [4.69, 9.17) is 4.52 Å². The molecule has 7 nitrogen and oxygen atoms in total. The molecule has 2 aromatic rings. The third kappa shape index (κ3) is 5.03. The van der Waals surface area contributed by atoms with E-state index in [1.54, 1.807) is 0 Å². The van der Waals surface area contributed by atoms with Gasteiger partial charge >= 0.3 is 0 Å². The highest BCUT2D eigenvalue weighted by Crippen LogP contribution is 2.21. The molecule has 0 spiro atoms. The summed E-state index contributed by atoms with van der Waals surface area (Å²) >= 11 is 0. The first kappa shape index (κ1) is 20.0. The van der Waals surface area contributed by atoms with Crippen LogP contribution in [0.2, 0.25) is 0 Å². The van der Waals surface area contributed by atoms with Crippen LogP contribution in [0, 0.1) is 0 Å². The Hall–Kier alpha value is -2.25. The van der Waals surface area contributed by atoms with E-state index in [1.807, 2.05) is 4.90 Å². The number of carbonyl (C=O) groups excluding carboxylic acids is 1. The summed E-state index contributed by atoms with van der Waals surface area (Å²) in [4.78, 5) is 23.5. The lowest BCUT2D eigenvalue weighted by Crippen LogP contribution is -2.49. The summed E-state index contributed by atoms with van der Waals surface area (Å²) in [5, 5.41) is 4.15. The second-order valence-corrected chi connectivity index (χ2v) is 8.43. The Labute approximate surface area is 172 Å². The van der Waals surface area contributed by atoms with E-state index in [9.17, 15) is 4.79 Å². The van der Waals surface area contributed by atoms with Crippen molar-refractivity contribution in [2.24, 2.45) is 0 Å². The minimum Gasteiger partial charge on any atom is -0.342 e. The molecule has 29 heavy (non-hydrogen) atoms. The lowest BCUT2D eigenvalue weighted by Gasteiger charge is -2.34. The van der Waals surface area contributed by atoms with Crippen molar-refractivity contribution in [1.82, 2.24) is 24.8 Å². The normalized spacial score (nSPS) is 18.7. The van der Waals surface area contributed by atoms with E-state index in [0.717, 1.165) is 57.7 Å². The molecule has 0 aliphatic carbocycles. The van der Waals surface area contributed by atoms with Crippen molar-refractivity contribution < 1.29 is 9.32 Å². The molecule has 156 valence electrons. The zero-order valence-electron chi connectivity index (χ0n) is 17.5. The molecule has 1 aromatic carbocycles. The number of rotatable bonds is 6. The van der Waals surface area contributed by atoms with Crippen molar-refractivity contribution in [3.8, 4) is 11.4 Å². The Balaban J connectivity index is 1.26. The summed E-state index contributed by atoms with van der Waals surface area (Å²) < 4.78 is 5.48. The van der Waals surface area contributed by atoms with Crippen molar-refractivity contribution in [2.75, 3.05) is 45.8 Å². The topological polar surface area (TPSA) is 65.7 Å². The highest BCUT2D eigenvalue weighted by molar-refractivity contribution is 5.78. The largest absolute Gasteiger partial charge is 0.342 e. The molecule has 2 aliphatic heterocycles. The zero-order chi connectivity index (χ0) is 20.2. The van der Waals surface area contributed by atoms with E-state index in [1.165, 1.54) is 5.56 Å². The zero-order valence-corrected chi connectivity index (χ0v) is 17.5. The Kier molecular flexibility index (Phi) is 6.25. The molecule has 0 atom stereocenters. The Bertz CT molecular complexity index is 803. The second-order valence-electron chi connectivity index (χ2n) is 8.43. The average Bonchev–Trinajstić information content (AvgIpc) is 3.42. The first-order valence-electron chi connectivity index (χ1n) is 10.7. The Morgan fingerprint density at radius 2 is 1.66 bits per heavy atom. The lowest BCUT2D eigenvalue weighted by atomic mass is 10.0. The summed E-state index contributed by atoms with van der Waals surface area (Å²) in [7, 11) is 0. The lowest BCUT2D eigenvalue weighted by molar-refractivity contribution is -0.131. The molecule has 0 unspecified atom stereocenters. The van der Waals surface area contributed by atoms with Gasteiger partial charge in [-0.15, -0.1) is 0 Å². The van der Waals surface area contributed by atoms with Crippen LogP contribution in [0.15, 0.2) is 28.8 Å². The number of hydrogen-bond acceptors (Lipinski definition) is 6. The van der Waals surface area contributed by atoms with Crippen LogP contribution in [-0.2, 0) is 11.3 Å². The molecule has 0 N–H and O–H groups in total. The maximum atomic E-state index is 12.3. The van der Waals surface area contributed by atoms with Crippen LogP contribution in [-0.4, -0.2) is 76.6 Å². The molecule has 1 amide bonds. The highest BCUT2D eigenvalue weighted by Gasteiger charge is 2.24. The Morgan fingerprint density at radius 3 is 2.31 bits per heavy atom. The molecule has 7 heteroatoms. The van der Waals surface area contributed by atoms with Crippen LogP contribution in [0.5, 0.6) is 0 Å². The number of likely N-dealkylation sites (tertiary alicyclic amines) is 1. The molecule has 1 aromatic heterocycles. The molecule has 3 heterocycles. The van der Waals surface area contributed by atoms with Crippen molar-refractivity contribution in [3.63, 3.8) is 0 Å².